The molecular formula is C12H16BrClFN. The van der Waals surface area contributed by atoms with Gasteiger partial charge in [-0.15, -0.1) is 0 Å². The van der Waals surface area contributed by atoms with Crippen LogP contribution in [-0.2, 0) is 0 Å². The van der Waals surface area contributed by atoms with Gasteiger partial charge in [0.25, 0.3) is 0 Å². The number of hydrogen-bond donors (Lipinski definition) is 1. The monoisotopic (exact) mass is 307 g/mol. The first kappa shape index (κ1) is 13.9. The van der Waals surface area contributed by atoms with Crippen molar-refractivity contribution in [2.45, 2.75) is 32.7 Å². The molecule has 4 heteroatoms. The van der Waals surface area contributed by atoms with Crippen molar-refractivity contribution in [1.29, 1.82) is 0 Å². The van der Waals surface area contributed by atoms with E-state index >= 15 is 0 Å². The molecule has 1 aromatic rings. The maximum atomic E-state index is 13.8. The molecule has 0 amide bonds. The van der Waals surface area contributed by atoms with Gasteiger partial charge in [0.2, 0.25) is 0 Å². The summed E-state index contributed by atoms with van der Waals surface area (Å²) in [7, 11) is 0. The molecule has 1 rings (SSSR count). The number of benzene rings is 1. The van der Waals surface area contributed by atoms with Crippen molar-refractivity contribution < 1.29 is 4.39 Å². The highest BCUT2D eigenvalue weighted by molar-refractivity contribution is 9.10. The van der Waals surface area contributed by atoms with E-state index in [0.29, 0.717) is 16.0 Å². The minimum atomic E-state index is -0.410. The summed E-state index contributed by atoms with van der Waals surface area (Å²) in [5, 5.41) is 0.109. The van der Waals surface area contributed by atoms with E-state index in [2.05, 4.69) is 29.8 Å². The molecule has 1 nitrogen and oxygen atoms in total. The molecule has 0 spiro atoms. The van der Waals surface area contributed by atoms with Crippen molar-refractivity contribution in [1.82, 2.24) is 0 Å². The van der Waals surface area contributed by atoms with Gasteiger partial charge in [-0.05, 0) is 40.8 Å². The number of hydrogen-bond acceptors (Lipinski definition) is 1. The van der Waals surface area contributed by atoms with Gasteiger partial charge in [-0.3, -0.25) is 0 Å². The van der Waals surface area contributed by atoms with Crippen LogP contribution in [0.4, 0.5) is 4.39 Å². The molecule has 0 saturated carbocycles. The second kappa shape index (κ2) is 5.99. The Morgan fingerprint density at radius 3 is 2.56 bits per heavy atom. The average Bonchev–Trinajstić information content (AvgIpc) is 2.23. The third-order valence-electron chi connectivity index (χ3n) is 2.52. The van der Waals surface area contributed by atoms with E-state index in [1.54, 1.807) is 12.1 Å². The Hall–Kier alpha value is -0.120. The minimum Gasteiger partial charge on any atom is -0.324 e. The third-order valence-corrected chi connectivity index (χ3v) is 3.78. The van der Waals surface area contributed by atoms with E-state index in [-0.39, 0.29) is 11.1 Å². The molecule has 1 aromatic carbocycles. The van der Waals surface area contributed by atoms with Crippen molar-refractivity contribution in [2.24, 2.45) is 11.7 Å². The van der Waals surface area contributed by atoms with Gasteiger partial charge in [0.15, 0.2) is 0 Å². The van der Waals surface area contributed by atoms with Crippen molar-refractivity contribution >= 4 is 27.5 Å². The van der Waals surface area contributed by atoms with Gasteiger partial charge in [0.05, 0.1) is 5.02 Å². The maximum absolute atomic E-state index is 13.8. The van der Waals surface area contributed by atoms with Crippen LogP contribution in [0.5, 0.6) is 0 Å². The lowest BCUT2D eigenvalue weighted by Gasteiger charge is -2.15. The zero-order valence-corrected chi connectivity index (χ0v) is 11.8. The molecule has 0 radical (unpaired) electrons. The number of rotatable bonds is 4. The first-order valence-electron chi connectivity index (χ1n) is 5.32. The Kier molecular flexibility index (Phi) is 5.22. The smallest absolute Gasteiger partial charge is 0.147 e. The Labute approximate surface area is 109 Å². The second-order valence-corrected chi connectivity index (χ2v) is 5.57. The van der Waals surface area contributed by atoms with E-state index in [9.17, 15) is 4.39 Å². The van der Waals surface area contributed by atoms with Crippen LogP contribution in [0.25, 0.3) is 0 Å². The van der Waals surface area contributed by atoms with Crippen molar-refractivity contribution in [3.63, 3.8) is 0 Å². The van der Waals surface area contributed by atoms with Crippen LogP contribution in [0.1, 0.15) is 38.3 Å². The van der Waals surface area contributed by atoms with Gasteiger partial charge >= 0.3 is 0 Å². The summed E-state index contributed by atoms with van der Waals surface area (Å²) in [6, 6.07) is 3.14. The van der Waals surface area contributed by atoms with Crippen molar-refractivity contribution in [2.75, 3.05) is 0 Å². The lowest BCUT2D eigenvalue weighted by Crippen LogP contribution is -2.13. The van der Waals surface area contributed by atoms with Gasteiger partial charge in [0.1, 0.15) is 5.82 Å². The first-order chi connectivity index (χ1) is 7.43. The van der Waals surface area contributed by atoms with E-state index in [1.807, 2.05) is 0 Å². The molecule has 0 saturated heterocycles. The highest BCUT2D eigenvalue weighted by Crippen LogP contribution is 2.31. The summed E-state index contributed by atoms with van der Waals surface area (Å²) in [5.74, 6) is 0.160. The van der Waals surface area contributed by atoms with E-state index in [4.69, 9.17) is 17.3 Å². The number of nitrogens with two attached hydrogens (primary N) is 1. The second-order valence-electron chi connectivity index (χ2n) is 4.34. The molecule has 16 heavy (non-hydrogen) atoms. The first-order valence-corrected chi connectivity index (χ1v) is 6.49. The van der Waals surface area contributed by atoms with Crippen LogP contribution in [0, 0.1) is 11.7 Å². The Bertz CT molecular complexity index is 368. The van der Waals surface area contributed by atoms with Gasteiger partial charge in [-0.2, -0.15) is 0 Å². The lowest BCUT2D eigenvalue weighted by atomic mass is 9.98. The summed E-state index contributed by atoms with van der Waals surface area (Å²) >= 11 is 8.99. The van der Waals surface area contributed by atoms with Crippen LogP contribution in [0.3, 0.4) is 0 Å². The topological polar surface area (TPSA) is 26.0 Å². The summed E-state index contributed by atoms with van der Waals surface area (Å²) in [6.07, 6.45) is 1.75. The fourth-order valence-corrected chi connectivity index (χ4v) is 1.97. The molecule has 0 fully saturated rings. The molecule has 1 unspecified atom stereocenters. The summed E-state index contributed by atoms with van der Waals surface area (Å²) < 4.78 is 14.4. The SMILES string of the molecule is CC(C)CCC(N)c1ccc(Br)c(Cl)c1F. The van der Waals surface area contributed by atoms with Crippen LogP contribution < -0.4 is 5.73 Å². The molecule has 1 atom stereocenters. The predicted octanol–water partition coefficient (Wildman–Crippen LogP) is 4.68. The fraction of sp³-hybridized carbons (Fsp3) is 0.500. The molecule has 0 aliphatic rings. The van der Waals surface area contributed by atoms with Gasteiger partial charge < -0.3 is 5.73 Å². The normalized spacial score (nSPS) is 13.2. The van der Waals surface area contributed by atoms with E-state index in [1.165, 1.54) is 0 Å². The summed E-state index contributed by atoms with van der Waals surface area (Å²) in [6.45, 7) is 4.25. The van der Waals surface area contributed by atoms with Crippen LogP contribution in [0.15, 0.2) is 16.6 Å². The lowest BCUT2D eigenvalue weighted by molar-refractivity contribution is 0.491. The molecular weight excluding hydrogens is 292 g/mol. The minimum absolute atomic E-state index is 0.109. The summed E-state index contributed by atoms with van der Waals surface area (Å²) in [5.41, 5.74) is 6.44. The highest BCUT2D eigenvalue weighted by atomic mass is 79.9. The fourth-order valence-electron chi connectivity index (χ4n) is 1.50. The quantitative estimate of drug-likeness (QED) is 0.803. The van der Waals surface area contributed by atoms with Crippen LogP contribution >= 0.6 is 27.5 Å². The molecule has 0 aliphatic carbocycles. The molecule has 0 bridgehead atoms. The Morgan fingerprint density at radius 2 is 2.00 bits per heavy atom. The molecule has 0 heterocycles. The standard InChI is InChI=1S/C12H16BrClFN/c1-7(2)3-6-10(16)8-4-5-9(13)11(14)12(8)15/h4-5,7,10H,3,6,16H2,1-2H3. The molecule has 90 valence electrons. The highest BCUT2D eigenvalue weighted by Gasteiger charge is 2.16. The largest absolute Gasteiger partial charge is 0.324 e. The predicted molar refractivity (Wildman–Crippen MR) is 70.1 cm³/mol. The van der Waals surface area contributed by atoms with Gasteiger partial charge in [-0.25, -0.2) is 4.39 Å². The van der Waals surface area contributed by atoms with Gasteiger partial charge in [-0.1, -0.05) is 31.5 Å². The van der Waals surface area contributed by atoms with Crippen LogP contribution in [0.2, 0.25) is 5.02 Å². The summed E-state index contributed by atoms with van der Waals surface area (Å²) in [4.78, 5) is 0. The zero-order chi connectivity index (χ0) is 12.3. The average molecular weight is 309 g/mol. The van der Waals surface area contributed by atoms with Crippen LogP contribution in [-0.4, -0.2) is 0 Å². The van der Waals surface area contributed by atoms with Crippen molar-refractivity contribution in [3.8, 4) is 0 Å². The zero-order valence-electron chi connectivity index (χ0n) is 9.43. The molecule has 0 aliphatic heterocycles. The molecule has 2 N–H and O–H groups in total. The van der Waals surface area contributed by atoms with Crippen molar-refractivity contribution in [3.05, 3.63) is 33.0 Å². The van der Waals surface area contributed by atoms with E-state index < -0.39 is 5.82 Å². The van der Waals surface area contributed by atoms with Gasteiger partial charge in [0, 0.05) is 16.1 Å². The maximum Gasteiger partial charge on any atom is 0.147 e. The molecule has 0 aromatic heterocycles. The Morgan fingerprint density at radius 1 is 1.38 bits per heavy atom. The third kappa shape index (κ3) is 3.44. The number of halogens is 3. The van der Waals surface area contributed by atoms with E-state index in [0.717, 1.165) is 12.8 Å². The Balaban J connectivity index is 2.84.